The van der Waals surface area contributed by atoms with E-state index >= 15 is 0 Å². The van der Waals surface area contributed by atoms with Crippen LogP contribution >= 0.6 is 11.6 Å². The van der Waals surface area contributed by atoms with Crippen molar-refractivity contribution in [1.82, 2.24) is 0 Å². The van der Waals surface area contributed by atoms with Crippen molar-refractivity contribution in [3.05, 3.63) is 28.8 Å². The molecule has 0 fully saturated rings. The van der Waals surface area contributed by atoms with Crippen LogP contribution in [0.2, 0.25) is 5.02 Å². The summed E-state index contributed by atoms with van der Waals surface area (Å²) in [5.74, 6) is 0.621. The second-order valence-corrected chi connectivity index (χ2v) is 3.39. The number of phenolic OH excluding ortho intramolecular Hbond substituents is 1. The Morgan fingerprint density at radius 2 is 2.17 bits per heavy atom. The van der Waals surface area contributed by atoms with Crippen molar-refractivity contribution in [1.29, 1.82) is 0 Å². The Kier molecular flexibility index (Phi) is 2.99. The average molecular weight is 185 g/mol. The van der Waals surface area contributed by atoms with E-state index in [1.54, 1.807) is 12.1 Å². The van der Waals surface area contributed by atoms with E-state index in [0.29, 0.717) is 16.7 Å². The zero-order valence-corrected chi connectivity index (χ0v) is 8.10. The lowest BCUT2D eigenvalue weighted by Crippen LogP contribution is -1.92. The predicted octanol–water partition coefficient (Wildman–Crippen LogP) is 3.56. The summed E-state index contributed by atoms with van der Waals surface area (Å²) in [6.45, 7) is 4.13. The van der Waals surface area contributed by atoms with Gasteiger partial charge in [-0.05, 0) is 24.5 Å². The van der Waals surface area contributed by atoms with Crippen LogP contribution in [0, 0.1) is 0 Å². The number of aromatic hydroxyl groups is 1. The van der Waals surface area contributed by atoms with Gasteiger partial charge in [-0.15, -0.1) is 0 Å². The van der Waals surface area contributed by atoms with Crippen LogP contribution in [0.3, 0.4) is 0 Å². The fourth-order valence-corrected chi connectivity index (χ4v) is 1.57. The fourth-order valence-electron chi connectivity index (χ4n) is 1.22. The number of benzene rings is 1. The maximum Gasteiger partial charge on any atom is 0.120 e. The Morgan fingerprint density at radius 1 is 1.50 bits per heavy atom. The van der Waals surface area contributed by atoms with E-state index in [1.165, 1.54) is 0 Å². The molecule has 1 aromatic rings. The Labute approximate surface area is 78.0 Å². The van der Waals surface area contributed by atoms with Gasteiger partial charge in [0, 0.05) is 10.6 Å². The van der Waals surface area contributed by atoms with Crippen LogP contribution in [0.5, 0.6) is 5.75 Å². The van der Waals surface area contributed by atoms with E-state index in [4.69, 9.17) is 11.6 Å². The molecule has 1 unspecified atom stereocenters. The van der Waals surface area contributed by atoms with Gasteiger partial charge in [0.1, 0.15) is 5.75 Å². The summed E-state index contributed by atoms with van der Waals surface area (Å²) in [5, 5.41) is 10.2. The van der Waals surface area contributed by atoms with E-state index in [2.05, 4.69) is 13.8 Å². The zero-order chi connectivity index (χ0) is 9.14. The predicted molar refractivity (Wildman–Crippen MR) is 51.8 cm³/mol. The first-order chi connectivity index (χ1) is 5.66. The molecule has 0 aliphatic carbocycles. The molecule has 66 valence electrons. The molecule has 0 heterocycles. The van der Waals surface area contributed by atoms with Crippen LogP contribution in [0.4, 0.5) is 0 Å². The van der Waals surface area contributed by atoms with Gasteiger partial charge >= 0.3 is 0 Å². The van der Waals surface area contributed by atoms with Gasteiger partial charge < -0.3 is 5.11 Å². The van der Waals surface area contributed by atoms with Crippen LogP contribution in [-0.4, -0.2) is 5.11 Å². The first-order valence-electron chi connectivity index (χ1n) is 4.14. The van der Waals surface area contributed by atoms with Crippen LogP contribution < -0.4 is 0 Å². The number of halogens is 1. The molecular formula is C10H13ClO. The van der Waals surface area contributed by atoms with E-state index in [-0.39, 0.29) is 0 Å². The molecule has 0 spiro atoms. The number of phenols is 1. The summed E-state index contributed by atoms with van der Waals surface area (Å²) in [6, 6.07) is 5.24. The van der Waals surface area contributed by atoms with Crippen molar-refractivity contribution in [3.63, 3.8) is 0 Å². The molecule has 0 saturated carbocycles. The third kappa shape index (κ3) is 1.72. The molecule has 0 aliphatic heterocycles. The van der Waals surface area contributed by atoms with E-state index in [0.717, 1.165) is 12.0 Å². The summed E-state index contributed by atoms with van der Waals surface area (Å²) in [4.78, 5) is 0. The molecule has 12 heavy (non-hydrogen) atoms. The number of rotatable bonds is 2. The Balaban J connectivity index is 3.12. The quantitative estimate of drug-likeness (QED) is 0.745. The maximum absolute atomic E-state index is 9.51. The second kappa shape index (κ2) is 3.81. The highest BCUT2D eigenvalue weighted by atomic mass is 35.5. The van der Waals surface area contributed by atoms with Crippen molar-refractivity contribution < 1.29 is 5.11 Å². The lowest BCUT2D eigenvalue weighted by atomic mass is 9.98. The minimum absolute atomic E-state index is 0.303. The van der Waals surface area contributed by atoms with E-state index in [9.17, 15) is 5.11 Å². The van der Waals surface area contributed by atoms with Crippen LogP contribution in [0.25, 0.3) is 0 Å². The van der Waals surface area contributed by atoms with Crippen molar-refractivity contribution in [3.8, 4) is 5.75 Å². The molecule has 1 nitrogen and oxygen atoms in total. The first-order valence-corrected chi connectivity index (χ1v) is 4.52. The van der Waals surface area contributed by atoms with Gasteiger partial charge in [0.15, 0.2) is 0 Å². The third-order valence-electron chi connectivity index (χ3n) is 2.14. The molecule has 0 aliphatic rings. The number of hydrogen-bond donors (Lipinski definition) is 1. The highest BCUT2D eigenvalue weighted by molar-refractivity contribution is 6.31. The summed E-state index contributed by atoms with van der Waals surface area (Å²) in [5.41, 5.74) is 0.863. The number of hydrogen-bond acceptors (Lipinski definition) is 1. The van der Waals surface area contributed by atoms with Crippen molar-refractivity contribution in [2.45, 2.75) is 26.2 Å². The molecule has 0 radical (unpaired) electrons. The normalized spacial score (nSPS) is 12.9. The largest absolute Gasteiger partial charge is 0.508 e. The Bertz CT molecular complexity index is 250. The minimum Gasteiger partial charge on any atom is -0.508 e. The van der Waals surface area contributed by atoms with Gasteiger partial charge in [0.2, 0.25) is 0 Å². The van der Waals surface area contributed by atoms with E-state index in [1.807, 2.05) is 6.07 Å². The molecule has 1 rings (SSSR count). The van der Waals surface area contributed by atoms with Gasteiger partial charge in [-0.25, -0.2) is 0 Å². The lowest BCUT2D eigenvalue weighted by molar-refractivity contribution is 0.462. The summed E-state index contributed by atoms with van der Waals surface area (Å²) >= 11 is 5.94. The summed E-state index contributed by atoms with van der Waals surface area (Å²) < 4.78 is 0. The molecular weight excluding hydrogens is 172 g/mol. The summed E-state index contributed by atoms with van der Waals surface area (Å²) in [6.07, 6.45) is 0.983. The highest BCUT2D eigenvalue weighted by Gasteiger charge is 2.11. The topological polar surface area (TPSA) is 20.2 Å². The monoisotopic (exact) mass is 184 g/mol. The maximum atomic E-state index is 9.51. The molecule has 0 aromatic heterocycles. The van der Waals surface area contributed by atoms with Gasteiger partial charge in [0.05, 0.1) is 0 Å². The van der Waals surface area contributed by atoms with Gasteiger partial charge in [0.25, 0.3) is 0 Å². The summed E-state index contributed by atoms with van der Waals surface area (Å²) in [7, 11) is 0. The van der Waals surface area contributed by atoms with Crippen molar-refractivity contribution >= 4 is 11.6 Å². The van der Waals surface area contributed by atoms with Gasteiger partial charge in [-0.3, -0.25) is 0 Å². The Hall–Kier alpha value is -0.690. The fraction of sp³-hybridized carbons (Fsp3) is 0.400. The molecule has 2 heteroatoms. The van der Waals surface area contributed by atoms with Crippen molar-refractivity contribution in [2.24, 2.45) is 0 Å². The highest BCUT2D eigenvalue weighted by Crippen LogP contribution is 2.33. The standard InChI is InChI=1S/C10H13ClO/c1-3-7(2)10-8(11)5-4-6-9(10)12/h4-7,12H,3H2,1-2H3. The van der Waals surface area contributed by atoms with Crippen LogP contribution in [-0.2, 0) is 0 Å². The van der Waals surface area contributed by atoms with Crippen LogP contribution in [0.15, 0.2) is 18.2 Å². The van der Waals surface area contributed by atoms with E-state index < -0.39 is 0 Å². The van der Waals surface area contributed by atoms with Crippen LogP contribution in [0.1, 0.15) is 31.7 Å². The average Bonchev–Trinajstić information content (AvgIpc) is 2.03. The van der Waals surface area contributed by atoms with Gasteiger partial charge in [-0.1, -0.05) is 31.5 Å². The molecule has 1 N–H and O–H groups in total. The Morgan fingerprint density at radius 3 is 2.67 bits per heavy atom. The SMILES string of the molecule is CCC(C)c1c(O)cccc1Cl. The second-order valence-electron chi connectivity index (χ2n) is 2.98. The lowest BCUT2D eigenvalue weighted by Gasteiger charge is -2.12. The van der Waals surface area contributed by atoms with Crippen molar-refractivity contribution in [2.75, 3.05) is 0 Å². The molecule has 1 atom stereocenters. The first kappa shape index (κ1) is 9.40. The minimum atomic E-state index is 0.303. The zero-order valence-electron chi connectivity index (χ0n) is 7.34. The molecule has 0 saturated heterocycles. The molecule has 0 bridgehead atoms. The molecule has 0 amide bonds. The smallest absolute Gasteiger partial charge is 0.120 e. The van der Waals surface area contributed by atoms with Gasteiger partial charge in [-0.2, -0.15) is 0 Å². The molecule has 1 aromatic carbocycles. The third-order valence-corrected chi connectivity index (χ3v) is 2.46.